The Labute approximate surface area is 101 Å². The fourth-order valence-corrected chi connectivity index (χ4v) is 1.83. The molecule has 6 heteroatoms. The predicted octanol–water partition coefficient (Wildman–Crippen LogP) is 0.485. The van der Waals surface area contributed by atoms with Gasteiger partial charge in [0.25, 0.3) is 0 Å². The summed E-state index contributed by atoms with van der Waals surface area (Å²) in [5, 5.41) is 2.76. The van der Waals surface area contributed by atoms with Gasteiger partial charge in [-0.05, 0) is 19.2 Å². The normalized spacial score (nSPS) is 11.2. The molecule has 1 rings (SSSR count). The molecule has 0 heterocycles. The lowest BCUT2D eigenvalue weighted by molar-refractivity contribution is 0.0993. The number of carbonyl (C=O) groups excluding carboxylic acids is 1. The monoisotopic (exact) mass is 256 g/mol. The van der Waals surface area contributed by atoms with Crippen LogP contribution in [0.15, 0.2) is 24.3 Å². The lowest BCUT2D eigenvalue weighted by atomic mass is 10.1. The molecule has 94 valence electrons. The summed E-state index contributed by atoms with van der Waals surface area (Å²) in [5.41, 5.74) is 0.974. The third-order valence-electron chi connectivity index (χ3n) is 2.37. The first-order valence-electron chi connectivity index (χ1n) is 5.08. The zero-order chi connectivity index (χ0) is 13.1. The van der Waals surface area contributed by atoms with Gasteiger partial charge in [-0.1, -0.05) is 12.1 Å². The fourth-order valence-electron chi connectivity index (χ4n) is 1.33. The Bertz CT molecular complexity index is 511. The summed E-state index contributed by atoms with van der Waals surface area (Å²) >= 11 is 0. The van der Waals surface area contributed by atoms with Crippen molar-refractivity contribution in [3.05, 3.63) is 29.8 Å². The topological polar surface area (TPSA) is 66.5 Å². The van der Waals surface area contributed by atoms with Crippen molar-refractivity contribution in [2.45, 2.75) is 0 Å². The largest absolute Gasteiger partial charge is 0.313 e. The van der Waals surface area contributed by atoms with Crippen LogP contribution in [0.25, 0.3) is 0 Å². The maximum absolute atomic E-state index is 11.6. The number of ketones is 1. The highest BCUT2D eigenvalue weighted by atomic mass is 32.2. The van der Waals surface area contributed by atoms with Crippen LogP contribution in [0.3, 0.4) is 0 Å². The Morgan fingerprint density at radius 1 is 1.41 bits per heavy atom. The molecule has 0 fully saturated rings. The third-order valence-corrected chi connectivity index (χ3v) is 3.57. The first-order valence-corrected chi connectivity index (χ1v) is 6.93. The van der Waals surface area contributed by atoms with Gasteiger partial charge >= 0.3 is 0 Å². The van der Waals surface area contributed by atoms with Gasteiger partial charge in [0.15, 0.2) is 5.78 Å². The van der Waals surface area contributed by atoms with Gasteiger partial charge in [0, 0.05) is 12.6 Å². The van der Waals surface area contributed by atoms with E-state index in [9.17, 15) is 13.2 Å². The van der Waals surface area contributed by atoms with Crippen LogP contribution >= 0.6 is 0 Å². The summed E-state index contributed by atoms with van der Waals surface area (Å²) in [6.07, 6.45) is 1.12. The Morgan fingerprint density at radius 2 is 2.06 bits per heavy atom. The first-order chi connectivity index (χ1) is 7.86. The summed E-state index contributed by atoms with van der Waals surface area (Å²) in [6.45, 7) is 0.228. The lowest BCUT2D eigenvalue weighted by Gasteiger charge is -2.17. The van der Waals surface area contributed by atoms with E-state index < -0.39 is 10.0 Å². The number of sulfonamides is 1. The van der Waals surface area contributed by atoms with Crippen molar-refractivity contribution in [2.24, 2.45) is 0 Å². The minimum atomic E-state index is -3.30. The highest BCUT2D eigenvalue weighted by Crippen LogP contribution is 2.17. The summed E-state index contributed by atoms with van der Waals surface area (Å²) in [7, 11) is -0.164. The van der Waals surface area contributed by atoms with Gasteiger partial charge in [-0.2, -0.15) is 0 Å². The Kier molecular flexibility index (Phi) is 4.25. The maximum Gasteiger partial charge on any atom is 0.231 e. The molecule has 0 aromatic heterocycles. The number of rotatable bonds is 5. The fraction of sp³-hybridized carbons (Fsp3) is 0.364. The van der Waals surface area contributed by atoms with E-state index in [1.54, 1.807) is 31.3 Å². The molecule has 0 radical (unpaired) electrons. The van der Waals surface area contributed by atoms with E-state index in [2.05, 4.69) is 5.32 Å². The second kappa shape index (κ2) is 5.29. The van der Waals surface area contributed by atoms with Crippen LogP contribution in [-0.2, 0) is 10.0 Å². The number of nitrogens with zero attached hydrogens (tertiary/aromatic N) is 1. The van der Waals surface area contributed by atoms with Gasteiger partial charge in [-0.3, -0.25) is 9.10 Å². The molecule has 0 unspecified atom stereocenters. The molecule has 1 aromatic rings. The molecule has 0 saturated heterocycles. The van der Waals surface area contributed by atoms with E-state index in [1.807, 2.05) is 0 Å². The number of hydrogen-bond donors (Lipinski definition) is 1. The van der Waals surface area contributed by atoms with Crippen LogP contribution in [0.2, 0.25) is 0 Å². The quantitative estimate of drug-likeness (QED) is 0.778. The maximum atomic E-state index is 11.6. The Morgan fingerprint density at radius 3 is 2.59 bits per heavy atom. The molecular formula is C11H16N2O3S. The van der Waals surface area contributed by atoms with Crippen LogP contribution in [0.1, 0.15) is 10.4 Å². The van der Waals surface area contributed by atoms with Gasteiger partial charge in [-0.15, -0.1) is 0 Å². The molecule has 0 amide bonds. The average molecular weight is 256 g/mol. The highest BCUT2D eigenvalue weighted by molar-refractivity contribution is 7.92. The molecule has 0 bridgehead atoms. The van der Waals surface area contributed by atoms with E-state index in [-0.39, 0.29) is 12.3 Å². The Balaban J connectivity index is 3.05. The first kappa shape index (κ1) is 13.7. The highest BCUT2D eigenvalue weighted by Gasteiger charge is 2.13. The predicted molar refractivity (Wildman–Crippen MR) is 67.9 cm³/mol. The van der Waals surface area contributed by atoms with E-state index >= 15 is 0 Å². The van der Waals surface area contributed by atoms with Crippen molar-refractivity contribution in [3.63, 3.8) is 0 Å². The smallest absolute Gasteiger partial charge is 0.231 e. The van der Waals surface area contributed by atoms with Gasteiger partial charge in [0.2, 0.25) is 10.0 Å². The summed E-state index contributed by atoms with van der Waals surface area (Å²) < 4.78 is 23.9. The standard InChI is InChI=1S/C11H16N2O3S/c1-12-8-11(14)9-5-4-6-10(7-9)13(2)17(3,15)16/h4-7,12H,8H2,1-3H3. The number of hydrogen-bond acceptors (Lipinski definition) is 4. The van der Waals surface area contributed by atoms with Crippen LogP contribution < -0.4 is 9.62 Å². The van der Waals surface area contributed by atoms with Crippen molar-refractivity contribution in [1.82, 2.24) is 5.32 Å². The molecule has 1 N–H and O–H groups in total. The summed E-state index contributed by atoms with van der Waals surface area (Å²) in [5.74, 6) is -0.0729. The summed E-state index contributed by atoms with van der Waals surface area (Å²) in [4.78, 5) is 11.6. The van der Waals surface area contributed by atoms with Crippen molar-refractivity contribution < 1.29 is 13.2 Å². The van der Waals surface area contributed by atoms with Crippen LogP contribution in [0, 0.1) is 0 Å². The van der Waals surface area contributed by atoms with Crippen molar-refractivity contribution >= 4 is 21.5 Å². The summed E-state index contributed by atoms with van der Waals surface area (Å²) in [6, 6.07) is 6.55. The molecule has 1 aromatic carbocycles. The average Bonchev–Trinajstić information content (AvgIpc) is 2.27. The second-order valence-electron chi connectivity index (χ2n) is 3.73. The molecular weight excluding hydrogens is 240 g/mol. The van der Waals surface area contributed by atoms with E-state index in [1.165, 1.54) is 7.05 Å². The zero-order valence-electron chi connectivity index (χ0n) is 10.1. The molecule has 5 nitrogen and oxygen atoms in total. The SMILES string of the molecule is CNCC(=O)c1cccc(N(C)S(C)(=O)=O)c1. The Hall–Kier alpha value is -1.40. The van der Waals surface area contributed by atoms with Crippen molar-refractivity contribution in [2.75, 3.05) is 31.2 Å². The zero-order valence-corrected chi connectivity index (χ0v) is 10.9. The van der Waals surface area contributed by atoms with Gasteiger partial charge in [0.05, 0.1) is 18.5 Å². The van der Waals surface area contributed by atoms with Crippen LogP contribution in [0.4, 0.5) is 5.69 Å². The number of Topliss-reactive ketones (excluding diaryl/α,β-unsaturated/α-hetero) is 1. The van der Waals surface area contributed by atoms with Crippen molar-refractivity contribution in [1.29, 1.82) is 0 Å². The molecule has 0 atom stereocenters. The third kappa shape index (κ3) is 3.54. The molecule has 17 heavy (non-hydrogen) atoms. The molecule has 0 saturated carbocycles. The molecule has 0 spiro atoms. The van der Waals surface area contributed by atoms with Crippen LogP contribution in [-0.4, -0.2) is 41.1 Å². The van der Waals surface area contributed by atoms with E-state index in [0.29, 0.717) is 11.3 Å². The molecule has 0 aliphatic rings. The molecule has 0 aliphatic carbocycles. The second-order valence-corrected chi connectivity index (χ2v) is 5.75. The lowest BCUT2D eigenvalue weighted by Crippen LogP contribution is -2.25. The van der Waals surface area contributed by atoms with Gasteiger partial charge < -0.3 is 5.32 Å². The molecule has 0 aliphatic heterocycles. The van der Waals surface area contributed by atoms with Gasteiger partial charge in [0.1, 0.15) is 0 Å². The minimum absolute atomic E-state index is 0.0729. The number of benzene rings is 1. The number of nitrogens with one attached hydrogen (secondary N) is 1. The van der Waals surface area contributed by atoms with E-state index in [4.69, 9.17) is 0 Å². The number of carbonyl (C=O) groups is 1. The number of likely N-dealkylation sites (N-methyl/N-ethyl adjacent to an activating group) is 1. The number of anilines is 1. The minimum Gasteiger partial charge on any atom is -0.313 e. The van der Waals surface area contributed by atoms with Gasteiger partial charge in [-0.25, -0.2) is 8.42 Å². The van der Waals surface area contributed by atoms with E-state index in [0.717, 1.165) is 10.6 Å². The van der Waals surface area contributed by atoms with Crippen molar-refractivity contribution in [3.8, 4) is 0 Å². The van der Waals surface area contributed by atoms with Crippen LogP contribution in [0.5, 0.6) is 0 Å².